The number of aromatic nitrogens is 2. The molecule has 0 unspecified atom stereocenters. The predicted octanol–water partition coefficient (Wildman–Crippen LogP) is 2.53. The molecule has 0 aliphatic heterocycles. The molecule has 1 aromatic heterocycles. The molecule has 0 radical (unpaired) electrons. The minimum atomic E-state index is 0.140. The molecule has 1 aromatic rings. The summed E-state index contributed by atoms with van der Waals surface area (Å²) in [5.41, 5.74) is 0.140. The van der Waals surface area contributed by atoms with E-state index in [1.165, 1.54) is 0 Å². The fourth-order valence-corrected chi connectivity index (χ4v) is 1.85. The van der Waals surface area contributed by atoms with Crippen molar-refractivity contribution >= 4 is 11.6 Å². The summed E-state index contributed by atoms with van der Waals surface area (Å²) in [6.45, 7) is 9.27. The van der Waals surface area contributed by atoms with Crippen LogP contribution in [0.4, 0.5) is 11.6 Å². The highest BCUT2D eigenvalue weighted by molar-refractivity contribution is 5.47. The van der Waals surface area contributed by atoms with Gasteiger partial charge >= 0.3 is 0 Å². The second kappa shape index (κ2) is 8.79. The molecule has 0 fully saturated rings. The van der Waals surface area contributed by atoms with Gasteiger partial charge in [-0.2, -0.15) is 0 Å². The third-order valence-electron chi connectivity index (χ3n) is 3.13. The first-order valence-corrected chi connectivity index (χ1v) is 7.34. The van der Waals surface area contributed by atoms with Crippen LogP contribution in [0.25, 0.3) is 0 Å². The van der Waals surface area contributed by atoms with E-state index in [2.05, 4.69) is 34.4 Å². The first-order valence-electron chi connectivity index (χ1n) is 7.34. The average molecular weight is 296 g/mol. The smallest absolute Gasteiger partial charge is 0.158 e. The van der Waals surface area contributed by atoms with Crippen molar-refractivity contribution in [1.82, 2.24) is 9.97 Å². The molecule has 0 spiro atoms. The summed E-state index contributed by atoms with van der Waals surface area (Å²) in [6, 6.07) is 1.93. The Kier molecular flexibility index (Phi) is 7.39. The third kappa shape index (κ3) is 6.73. The maximum Gasteiger partial charge on any atom is 0.158 e. The minimum Gasteiger partial charge on any atom is -0.385 e. The molecule has 2 N–H and O–H groups in total. The predicted molar refractivity (Wildman–Crippen MR) is 85.7 cm³/mol. The van der Waals surface area contributed by atoms with Crippen LogP contribution in [0.1, 0.15) is 33.0 Å². The van der Waals surface area contributed by atoms with Crippen molar-refractivity contribution in [3.8, 4) is 0 Å². The van der Waals surface area contributed by atoms with E-state index in [0.717, 1.165) is 37.8 Å². The molecule has 1 heterocycles. The zero-order chi connectivity index (χ0) is 15.7. The van der Waals surface area contributed by atoms with Crippen molar-refractivity contribution in [3.05, 3.63) is 11.9 Å². The van der Waals surface area contributed by atoms with Gasteiger partial charge in [0.15, 0.2) is 5.82 Å². The number of nitrogens with zero attached hydrogens (tertiary/aromatic N) is 2. The van der Waals surface area contributed by atoms with E-state index in [4.69, 9.17) is 9.47 Å². The Morgan fingerprint density at radius 1 is 1.10 bits per heavy atom. The molecule has 1 rings (SSSR count). The number of hydrogen-bond acceptors (Lipinski definition) is 6. The zero-order valence-electron chi connectivity index (χ0n) is 13.8. The van der Waals surface area contributed by atoms with Gasteiger partial charge in [0.1, 0.15) is 18.2 Å². The van der Waals surface area contributed by atoms with Crippen LogP contribution >= 0.6 is 0 Å². The molecule has 0 bridgehead atoms. The van der Waals surface area contributed by atoms with E-state index >= 15 is 0 Å². The van der Waals surface area contributed by atoms with Gasteiger partial charge in [0, 0.05) is 40.0 Å². The van der Waals surface area contributed by atoms with Crippen molar-refractivity contribution in [3.63, 3.8) is 0 Å². The first-order chi connectivity index (χ1) is 10.0. The van der Waals surface area contributed by atoms with Crippen LogP contribution in [-0.2, 0) is 16.1 Å². The van der Waals surface area contributed by atoms with Crippen molar-refractivity contribution in [2.75, 3.05) is 44.5 Å². The van der Waals surface area contributed by atoms with Gasteiger partial charge in [-0.05, 0) is 18.8 Å². The lowest BCUT2D eigenvalue weighted by Crippen LogP contribution is -2.25. The van der Waals surface area contributed by atoms with Gasteiger partial charge in [-0.3, -0.25) is 0 Å². The van der Waals surface area contributed by atoms with E-state index in [9.17, 15) is 0 Å². The van der Waals surface area contributed by atoms with Crippen molar-refractivity contribution in [2.24, 2.45) is 5.41 Å². The van der Waals surface area contributed by atoms with Gasteiger partial charge in [0.05, 0.1) is 0 Å². The maximum atomic E-state index is 5.15. The molecule has 21 heavy (non-hydrogen) atoms. The summed E-state index contributed by atoms with van der Waals surface area (Å²) in [5, 5.41) is 6.60. The lowest BCUT2D eigenvalue weighted by atomic mass is 9.90. The number of rotatable bonds is 10. The number of methoxy groups -OCH3 is 2. The number of anilines is 2. The normalized spacial score (nSPS) is 11.5. The van der Waals surface area contributed by atoms with Gasteiger partial charge in [0.25, 0.3) is 0 Å². The highest BCUT2D eigenvalue weighted by Crippen LogP contribution is 2.21. The quantitative estimate of drug-likeness (QED) is 0.691. The summed E-state index contributed by atoms with van der Waals surface area (Å²) in [4.78, 5) is 8.87. The van der Waals surface area contributed by atoms with Crippen LogP contribution in [0.15, 0.2) is 6.07 Å². The Balaban J connectivity index is 2.72. The van der Waals surface area contributed by atoms with Crippen LogP contribution < -0.4 is 10.6 Å². The van der Waals surface area contributed by atoms with Crippen LogP contribution in [-0.4, -0.2) is 43.9 Å². The Hall–Kier alpha value is -1.40. The first kappa shape index (κ1) is 17.7. The molecule has 0 saturated carbocycles. The Morgan fingerprint density at radius 2 is 1.76 bits per heavy atom. The van der Waals surface area contributed by atoms with E-state index in [-0.39, 0.29) is 5.41 Å². The van der Waals surface area contributed by atoms with E-state index in [1.807, 2.05) is 13.0 Å². The molecule has 0 aliphatic carbocycles. The van der Waals surface area contributed by atoms with Crippen LogP contribution in [0, 0.1) is 5.41 Å². The lowest BCUT2D eigenvalue weighted by molar-refractivity contribution is 0.157. The molecule has 6 heteroatoms. The van der Waals surface area contributed by atoms with Gasteiger partial charge in [-0.15, -0.1) is 0 Å². The maximum absolute atomic E-state index is 5.15. The molecular weight excluding hydrogens is 268 g/mol. The summed E-state index contributed by atoms with van der Waals surface area (Å²) < 4.78 is 10.3. The van der Waals surface area contributed by atoms with Gasteiger partial charge < -0.3 is 20.1 Å². The van der Waals surface area contributed by atoms with Crippen molar-refractivity contribution in [2.45, 2.75) is 33.8 Å². The van der Waals surface area contributed by atoms with E-state index < -0.39 is 0 Å². The Labute approximate surface area is 127 Å². The Bertz CT molecular complexity index is 400. The third-order valence-corrected chi connectivity index (χ3v) is 3.13. The summed E-state index contributed by atoms with van der Waals surface area (Å²) in [5.74, 6) is 2.31. The molecule has 0 aromatic carbocycles. The van der Waals surface area contributed by atoms with Crippen molar-refractivity contribution < 1.29 is 9.47 Å². The average Bonchev–Trinajstić information content (AvgIpc) is 2.44. The number of hydrogen-bond donors (Lipinski definition) is 2. The lowest BCUT2D eigenvalue weighted by Gasteiger charge is -2.25. The number of nitrogens with one attached hydrogen (secondary N) is 2. The molecule has 0 aliphatic rings. The van der Waals surface area contributed by atoms with Crippen LogP contribution in [0.2, 0.25) is 0 Å². The fraction of sp³-hybridized carbons (Fsp3) is 0.733. The van der Waals surface area contributed by atoms with Gasteiger partial charge in [-0.25, -0.2) is 9.97 Å². The second-order valence-electron chi connectivity index (χ2n) is 5.78. The molecule has 0 amide bonds. The highest BCUT2D eigenvalue weighted by atomic mass is 16.5. The Morgan fingerprint density at radius 3 is 2.33 bits per heavy atom. The molecular formula is C15H28N4O2. The second-order valence-corrected chi connectivity index (χ2v) is 5.78. The largest absolute Gasteiger partial charge is 0.385 e. The SMILES string of the molecule is CCNc1cc(NCC(C)(C)CCOC)nc(COC)n1. The standard InChI is InChI=1S/C15H28N4O2/c1-6-16-12-9-13(19-14(18-12)10-21-5)17-11-15(2,3)7-8-20-4/h9H,6-8,10-11H2,1-5H3,(H2,16,17,18,19). The molecule has 0 saturated heterocycles. The summed E-state index contributed by atoms with van der Waals surface area (Å²) in [7, 11) is 3.37. The zero-order valence-corrected chi connectivity index (χ0v) is 13.8. The molecule has 6 nitrogen and oxygen atoms in total. The molecule has 0 atom stereocenters. The highest BCUT2D eigenvalue weighted by Gasteiger charge is 2.17. The summed E-state index contributed by atoms with van der Waals surface area (Å²) >= 11 is 0. The van der Waals surface area contributed by atoms with Gasteiger partial charge in [0.2, 0.25) is 0 Å². The van der Waals surface area contributed by atoms with Gasteiger partial charge in [-0.1, -0.05) is 13.8 Å². The van der Waals surface area contributed by atoms with E-state index in [0.29, 0.717) is 12.4 Å². The summed E-state index contributed by atoms with van der Waals surface area (Å²) in [6.07, 6.45) is 0.993. The monoisotopic (exact) mass is 296 g/mol. The number of ether oxygens (including phenoxy) is 2. The minimum absolute atomic E-state index is 0.140. The van der Waals surface area contributed by atoms with E-state index in [1.54, 1.807) is 14.2 Å². The van der Waals surface area contributed by atoms with Crippen LogP contribution in [0.5, 0.6) is 0 Å². The van der Waals surface area contributed by atoms with Crippen molar-refractivity contribution in [1.29, 1.82) is 0 Å². The topological polar surface area (TPSA) is 68.3 Å². The fourth-order valence-electron chi connectivity index (χ4n) is 1.85. The molecule has 120 valence electrons. The van der Waals surface area contributed by atoms with Crippen LogP contribution in [0.3, 0.4) is 0 Å².